The van der Waals surface area contributed by atoms with Crippen LogP contribution in [-0.2, 0) is 6.54 Å². The van der Waals surface area contributed by atoms with E-state index in [1.54, 1.807) is 0 Å². The van der Waals surface area contributed by atoms with Crippen LogP contribution in [0, 0.1) is 13.8 Å². The van der Waals surface area contributed by atoms with Gasteiger partial charge in [0.2, 0.25) is 0 Å². The maximum Gasteiger partial charge on any atom is 0.0645 e. The van der Waals surface area contributed by atoms with Crippen LogP contribution in [0.3, 0.4) is 0 Å². The lowest BCUT2D eigenvalue weighted by Gasteiger charge is -2.24. The summed E-state index contributed by atoms with van der Waals surface area (Å²) in [5, 5.41) is 15.2. The minimum atomic E-state index is 0.167. The van der Waals surface area contributed by atoms with Crippen LogP contribution < -0.4 is 10.6 Å². The SMILES string of the molecule is Cc1cc(CNC(C)CNC(C)(C)C)c(C)nn1. The maximum absolute atomic E-state index is 4.14. The summed E-state index contributed by atoms with van der Waals surface area (Å²) in [4.78, 5) is 0. The molecule has 0 aliphatic rings. The van der Waals surface area contributed by atoms with Gasteiger partial charge in [0, 0.05) is 24.7 Å². The summed E-state index contributed by atoms with van der Waals surface area (Å²) < 4.78 is 0. The molecule has 18 heavy (non-hydrogen) atoms. The first kappa shape index (κ1) is 15.1. The summed E-state index contributed by atoms with van der Waals surface area (Å²) in [6.07, 6.45) is 0. The third-order valence-corrected chi connectivity index (χ3v) is 2.79. The van der Waals surface area contributed by atoms with Crippen LogP contribution in [0.4, 0.5) is 0 Å². The second-order valence-corrected chi connectivity index (χ2v) is 6.01. The molecule has 2 N–H and O–H groups in total. The molecule has 0 aliphatic heterocycles. The Balaban J connectivity index is 2.42. The number of hydrogen-bond acceptors (Lipinski definition) is 4. The largest absolute Gasteiger partial charge is 0.311 e. The molecule has 1 heterocycles. The third kappa shape index (κ3) is 5.56. The number of hydrogen-bond donors (Lipinski definition) is 2. The molecule has 0 bridgehead atoms. The van der Waals surface area contributed by atoms with E-state index in [9.17, 15) is 0 Å². The number of rotatable bonds is 5. The molecule has 1 aromatic rings. The van der Waals surface area contributed by atoms with E-state index in [2.05, 4.69) is 54.6 Å². The fraction of sp³-hybridized carbons (Fsp3) is 0.714. The molecule has 4 nitrogen and oxygen atoms in total. The topological polar surface area (TPSA) is 49.8 Å². The number of nitrogens with zero attached hydrogens (tertiary/aromatic N) is 2. The predicted molar refractivity (Wildman–Crippen MR) is 75.6 cm³/mol. The first-order chi connectivity index (χ1) is 8.28. The van der Waals surface area contributed by atoms with Crippen LogP contribution in [0.1, 0.15) is 44.6 Å². The van der Waals surface area contributed by atoms with Crippen LogP contribution in [0.15, 0.2) is 6.07 Å². The van der Waals surface area contributed by atoms with Crippen molar-refractivity contribution in [3.8, 4) is 0 Å². The smallest absolute Gasteiger partial charge is 0.0645 e. The summed E-state index contributed by atoms with van der Waals surface area (Å²) in [6, 6.07) is 2.52. The second kappa shape index (κ2) is 6.25. The van der Waals surface area contributed by atoms with Gasteiger partial charge in [0.05, 0.1) is 11.4 Å². The van der Waals surface area contributed by atoms with Crippen molar-refractivity contribution in [2.75, 3.05) is 6.54 Å². The zero-order valence-corrected chi connectivity index (χ0v) is 12.5. The van der Waals surface area contributed by atoms with E-state index < -0.39 is 0 Å². The van der Waals surface area contributed by atoms with Gasteiger partial charge in [-0.1, -0.05) is 0 Å². The van der Waals surface area contributed by atoms with Gasteiger partial charge in [-0.25, -0.2) is 0 Å². The van der Waals surface area contributed by atoms with Crippen molar-refractivity contribution in [3.05, 3.63) is 23.0 Å². The van der Waals surface area contributed by atoms with Crippen LogP contribution in [-0.4, -0.2) is 28.3 Å². The highest BCUT2D eigenvalue weighted by molar-refractivity contribution is 5.19. The van der Waals surface area contributed by atoms with Gasteiger partial charge in [-0.3, -0.25) is 0 Å². The molecule has 4 heteroatoms. The Morgan fingerprint density at radius 2 is 1.89 bits per heavy atom. The summed E-state index contributed by atoms with van der Waals surface area (Å²) in [5.41, 5.74) is 3.37. The van der Waals surface area contributed by atoms with E-state index in [1.165, 1.54) is 5.56 Å². The summed E-state index contributed by atoms with van der Waals surface area (Å²) in [6.45, 7) is 14.5. The van der Waals surface area contributed by atoms with Gasteiger partial charge < -0.3 is 10.6 Å². The normalized spacial score (nSPS) is 13.7. The van der Waals surface area contributed by atoms with Gasteiger partial charge in [0.15, 0.2) is 0 Å². The lowest BCUT2D eigenvalue weighted by atomic mass is 10.1. The molecular formula is C14H26N4. The molecule has 0 amide bonds. The van der Waals surface area contributed by atoms with Crippen molar-refractivity contribution in [1.82, 2.24) is 20.8 Å². The van der Waals surface area contributed by atoms with Gasteiger partial charge in [0.25, 0.3) is 0 Å². The average Bonchev–Trinajstić information content (AvgIpc) is 2.26. The molecule has 1 aromatic heterocycles. The predicted octanol–water partition coefficient (Wildman–Crippen LogP) is 1.96. The Morgan fingerprint density at radius 1 is 1.22 bits per heavy atom. The lowest BCUT2D eigenvalue weighted by Crippen LogP contribution is -2.44. The Kier molecular flexibility index (Phi) is 5.23. The minimum Gasteiger partial charge on any atom is -0.311 e. The molecule has 0 spiro atoms. The number of aryl methyl sites for hydroxylation is 2. The zero-order chi connectivity index (χ0) is 13.8. The Hall–Kier alpha value is -1.00. The molecule has 0 fully saturated rings. The number of nitrogens with one attached hydrogen (secondary N) is 2. The van der Waals surface area contributed by atoms with Gasteiger partial charge in [-0.2, -0.15) is 10.2 Å². The highest BCUT2D eigenvalue weighted by Crippen LogP contribution is 2.05. The average molecular weight is 250 g/mol. The summed E-state index contributed by atoms with van der Waals surface area (Å²) in [7, 11) is 0. The van der Waals surface area contributed by atoms with Gasteiger partial charge in [0.1, 0.15) is 0 Å². The van der Waals surface area contributed by atoms with E-state index in [0.717, 1.165) is 24.5 Å². The van der Waals surface area contributed by atoms with Crippen LogP contribution >= 0.6 is 0 Å². The molecule has 0 radical (unpaired) electrons. The standard InChI is InChI=1S/C14H26N4/c1-10-7-13(12(3)18-17-10)9-15-11(2)8-16-14(4,5)6/h7,11,15-16H,8-9H2,1-6H3. The van der Waals surface area contributed by atoms with E-state index in [0.29, 0.717) is 6.04 Å². The van der Waals surface area contributed by atoms with E-state index >= 15 is 0 Å². The van der Waals surface area contributed by atoms with Crippen molar-refractivity contribution in [3.63, 3.8) is 0 Å². The molecule has 1 atom stereocenters. The second-order valence-electron chi connectivity index (χ2n) is 6.01. The molecule has 0 saturated heterocycles. The first-order valence-corrected chi connectivity index (χ1v) is 6.56. The van der Waals surface area contributed by atoms with E-state index in [-0.39, 0.29) is 5.54 Å². The fourth-order valence-electron chi connectivity index (χ4n) is 1.60. The van der Waals surface area contributed by atoms with Crippen LogP contribution in [0.5, 0.6) is 0 Å². The van der Waals surface area contributed by atoms with Gasteiger partial charge >= 0.3 is 0 Å². The summed E-state index contributed by atoms with van der Waals surface area (Å²) >= 11 is 0. The molecule has 0 saturated carbocycles. The number of aromatic nitrogens is 2. The van der Waals surface area contributed by atoms with Crippen molar-refractivity contribution < 1.29 is 0 Å². The molecule has 1 rings (SSSR count). The zero-order valence-electron chi connectivity index (χ0n) is 12.5. The fourth-order valence-corrected chi connectivity index (χ4v) is 1.60. The van der Waals surface area contributed by atoms with E-state index in [4.69, 9.17) is 0 Å². The summed E-state index contributed by atoms with van der Waals surface area (Å²) in [5.74, 6) is 0. The highest BCUT2D eigenvalue weighted by Gasteiger charge is 2.11. The van der Waals surface area contributed by atoms with Crippen LogP contribution in [0.2, 0.25) is 0 Å². The van der Waals surface area contributed by atoms with Crippen molar-refractivity contribution >= 4 is 0 Å². The molecule has 0 aromatic carbocycles. The van der Waals surface area contributed by atoms with Crippen LogP contribution in [0.25, 0.3) is 0 Å². The third-order valence-electron chi connectivity index (χ3n) is 2.79. The van der Waals surface area contributed by atoms with Crippen molar-refractivity contribution in [1.29, 1.82) is 0 Å². The molecule has 0 aliphatic carbocycles. The Morgan fingerprint density at radius 3 is 2.50 bits per heavy atom. The minimum absolute atomic E-state index is 0.167. The first-order valence-electron chi connectivity index (χ1n) is 6.56. The molecule has 1 unspecified atom stereocenters. The van der Waals surface area contributed by atoms with Crippen molar-refractivity contribution in [2.45, 2.75) is 59.7 Å². The Labute approximate surface area is 111 Å². The molecule has 102 valence electrons. The van der Waals surface area contributed by atoms with Gasteiger partial charge in [-0.05, 0) is 53.2 Å². The monoisotopic (exact) mass is 250 g/mol. The molecular weight excluding hydrogens is 224 g/mol. The lowest BCUT2D eigenvalue weighted by molar-refractivity contribution is 0.387. The highest BCUT2D eigenvalue weighted by atomic mass is 15.1. The van der Waals surface area contributed by atoms with Gasteiger partial charge in [-0.15, -0.1) is 0 Å². The van der Waals surface area contributed by atoms with E-state index in [1.807, 2.05) is 13.8 Å². The maximum atomic E-state index is 4.14. The van der Waals surface area contributed by atoms with Crippen molar-refractivity contribution in [2.24, 2.45) is 0 Å². The Bertz CT molecular complexity index is 382. The quantitative estimate of drug-likeness (QED) is 0.839.